The molecular formula is C12H14O3. The average Bonchev–Trinajstić information content (AvgIpc) is 2.56. The third-order valence-electron chi connectivity index (χ3n) is 2.60. The van der Waals surface area contributed by atoms with E-state index >= 15 is 0 Å². The summed E-state index contributed by atoms with van der Waals surface area (Å²) in [5.74, 6) is 0.674. The minimum Gasteiger partial charge on any atom is -0.483 e. The van der Waals surface area contributed by atoms with E-state index in [2.05, 4.69) is 6.58 Å². The van der Waals surface area contributed by atoms with Gasteiger partial charge in [-0.05, 0) is 30.2 Å². The second kappa shape index (κ2) is 3.68. The number of aliphatic hydroxyl groups excluding tert-OH is 2. The van der Waals surface area contributed by atoms with Gasteiger partial charge in [-0.3, -0.25) is 0 Å². The minimum atomic E-state index is -0.677. The van der Waals surface area contributed by atoms with Crippen LogP contribution in [0.25, 0.3) is 0 Å². The van der Waals surface area contributed by atoms with Gasteiger partial charge in [-0.1, -0.05) is 12.6 Å². The summed E-state index contributed by atoms with van der Waals surface area (Å²) in [4.78, 5) is 0. The first-order valence-corrected chi connectivity index (χ1v) is 4.87. The van der Waals surface area contributed by atoms with Gasteiger partial charge in [0.05, 0.1) is 6.61 Å². The number of rotatable bonds is 2. The zero-order valence-electron chi connectivity index (χ0n) is 8.60. The van der Waals surface area contributed by atoms with Crippen molar-refractivity contribution in [1.29, 1.82) is 0 Å². The first-order chi connectivity index (χ1) is 7.13. The van der Waals surface area contributed by atoms with E-state index in [0.29, 0.717) is 5.75 Å². The van der Waals surface area contributed by atoms with Gasteiger partial charge in [-0.25, -0.2) is 0 Å². The summed E-state index contributed by atoms with van der Waals surface area (Å²) in [6.07, 6.45) is -1.04. The van der Waals surface area contributed by atoms with Gasteiger partial charge in [0.2, 0.25) is 0 Å². The average molecular weight is 206 g/mol. The van der Waals surface area contributed by atoms with E-state index < -0.39 is 6.10 Å². The van der Waals surface area contributed by atoms with Crippen molar-refractivity contribution in [3.05, 3.63) is 41.5 Å². The number of fused-ring (bicyclic) bond motifs is 1. The fourth-order valence-corrected chi connectivity index (χ4v) is 1.77. The number of ether oxygens (including phenoxy) is 1. The predicted octanol–water partition coefficient (Wildman–Crippen LogP) is 1.55. The van der Waals surface area contributed by atoms with E-state index in [0.717, 1.165) is 16.7 Å². The topological polar surface area (TPSA) is 49.7 Å². The van der Waals surface area contributed by atoms with Gasteiger partial charge in [-0.2, -0.15) is 0 Å². The normalized spacial score (nSPS) is 23.4. The zero-order valence-corrected chi connectivity index (χ0v) is 8.60. The monoisotopic (exact) mass is 206 g/mol. The molecule has 0 amide bonds. The van der Waals surface area contributed by atoms with Crippen LogP contribution in [0.5, 0.6) is 5.75 Å². The second-order valence-electron chi connectivity index (χ2n) is 3.86. The van der Waals surface area contributed by atoms with Crippen molar-refractivity contribution in [3.63, 3.8) is 0 Å². The summed E-state index contributed by atoms with van der Waals surface area (Å²) in [7, 11) is 0. The first-order valence-electron chi connectivity index (χ1n) is 4.87. The quantitative estimate of drug-likeness (QED) is 0.722. The maximum Gasteiger partial charge on any atom is 0.149 e. The van der Waals surface area contributed by atoms with Gasteiger partial charge in [0.15, 0.2) is 0 Å². The van der Waals surface area contributed by atoms with Gasteiger partial charge in [-0.15, -0.1) is 0 Å². The van der Waals surface area contributed by atoms with E-state index in [1.54, 1.807) is 18.2 Å². The maximum absolute atomic E-state index is 9.96. The third-order valence-corrected chi connectivity index (χ3v) is 2.60. The van der Waals surface area contributed by atoms with E-state index in [9.17, 15) is 5.11 Å². The molecule has 1 aliphatic rings. The Balaban J connectivity index is 2.37. The van der Waals surface area contributed by atoms with E-state index in [1.165, 1.54) is 0 Å². The molecule has 15 heavy (non-hydrogen) atoms. The number of aliphatic hydroxyl groups is 2. The van der Waals surface area contributed by atoms with Gasteiger partial charge in [0, 0.05) is 5.56 Å². The van der Waals surface area contributed by atoms with E-state index in [4.69, 9.17) is 9.84 Å². The van der Waals surface area contributed by atoms with Crippen LogP contribution >= 0.6 is 0 Å². The first kappa shape index (κ1) is 10.2. The van der Waals surface area contributed by atoms with Crippen LogP contribution < -0.4 is 4.74 Å². The van der Waals surface area contributed by atoms with Crippen molar-refractivity contribution in [1.82, 2.24) is 0 Å². The lowest BCUT2D eigenvalue weighted by molar-refractivity contribution is 0.0901. The van der Waals surface area contributed by atoms with Gasteiger partial charge in [0.25, 0.3) is 0 Å². The Morgan fingerprint density at radius 1 is 1.53 bits per heavy atom. The largest absolute Gasteiger partial charge is 0.483 e. The minimum absolute atomic E-state index is 0.0300. The molecule has 0 aliphatic carbocycles. The van der Waals surface area contributed by atoms with Crippen molar-refractivity contribution >= 4 is 0 Å². The fourth-order valence-electron chi connectivity index (χ4n) is 1.77. The smallest absolute Gasteiger partial charge is 0.149 e. The standard InChI is InChI=1S/C12H14O3/c1-7(2)12-11(14)9-5-8(6-13)3-4-10(9)15-12/h3-5,11-14H,1,6H2,2H3. The molecule has 1 heterocycles. The third kappa shape index (κ3) is 1.64. The molecule has 3 nitrogen and oxygen atoms in total. The van der Waals surface area contributed by atoms with Crippen LogP contribution in [0.1, 0.15) is 24.2 Å². The van der Waals surface area contributed by atoms with Crippen LogP contribution in [-0.4, -0.2) is 16.3 Å². The lowest BCUT2D eigenvalue weighted by Crippen LogP contribution is -2.19. The van der Waals surface area contributed by atoms with Gasteiger partial charge in [0.1, 0.15) is 18.0 Å². The Hall–Kier alpha value is -1.32. The molecule has 0 radical (unpaired) electrons. The summed E-state index contributed by atoms with van der Waals surface area (Å²) in [5, 5.41) is 19.0. The van der Waals surface area contributed by atoms with Crippen molar-refractivity contribution in [3.8, 4) is 5.75 Å². The summed E-state index contributed by atoms with van der Waals surface area (Å²) >= 11 is 0. The molecule has 0 bridgehead atoms. The SMILES string of the molecule is C=C(C)C1Oc2ccc(CO)cc2C1O. The molecule has 0 fully saturated rings. The Morgan fingerprint density at radius 3 is 2.87 bits per heavy atom. The number of hydrogen-bond acceptors (Lipinski definition) is 3. The molecule has 0 saturated heterocycles. The summed E-state index contributed by atoms with van der Waals surface area (Å²) in [5.41, 5.74) is 2.30. The lowest BCUT2D eigenvalue weighted by atomic mass is 10.0. The Morgan fingerprint density at radius 2 is 2.27 bits per heavy atom. The molecule has 1 aromatic rings. The van der Waals surface area contributed by atoms with E-state index in [1.807, 2.05) is 6.92 Å². The molecule has 2 N–H and O–H groups in total. The van der Waals surface area contributed by atoms with Crippen LogP contribution in [0.3, 0.4) is 0 Å². The summed E-state index contributed by atoms with van der Waals surface area (Å²) in [6.45, 7) is 5.57. The van der Waals surface area contributed by atoms with Crippen molar-refractivity contribution < 1.29 is 14.9 Å². The molecule has 2 unspecified atom stereocenters. The van der Waals surface area contributed by atoms with Crippen LogP contribution in [0.15, 0.2) is 30.4 Å². The molecule has 1 aromatic carbocycles. The molecule has 0 saturated carbocycles. The van der Waals surface area contributed by atoms with Crippen LogP contribution in [0.4, 0.5) is 0 Å². The highest BCUT2D eigenvalue weighted by Crippen LogP contribution is 2.39. The van der Waals surface area contributed by atoms with Gasteiger partial charge >= 0.3 is 0 Å². The Bertz CT molecular complexity index is 398. The molecule has 0 aromatic heterocycles. The summed E-state index contributed by atoms with van der Waals surface area (Å²) in [6, 6.07) is 5.32. The van der Waals surface area contributed by atoms with Crippen LogP contribution in [0.2, 0.25) is 0 Å². The van der Waals surface area contributed by atoms with E-state index in [-0.39, 0.29) is 12.7 Å². The highest BCUT2D eigenvalue weighted by Gasteiger charge is 2.33. The van der Waals surface area contributed by atoms with Crippen molar-refractivity contribution in [2.75, 3.05) is 0 Å². The molecule has 2 rings (SSSR count). The zero-order chi connectivity index (χ0) is 11.0. The lowest BCUT2D eigenvalue weighted by Gasteiger charge is -2.13. The highest BCUT2D eigenvalue weighted by atomic mass is 16.5. The van der Waals surface area contributed by atoms with Crippen molar-refractivity contribution in [2.45, 2.75) is 25.7 Å². The fraction of sp³-hybridized carbons (Fsp3) is 0.333. The Kier molecular flexibility index (Phi) is 2.50. The molecule has 2 atom stereocenters. The van der Waals surface area contributed by atoms with Crippen LogP contribution in [0, 0.1) is 0 Å². The number of hydrogen-bond donors (Lipinski definition) is 2. The molecule has 0 spiro atoms. The maximum atomic E-state index is 9.96. The second-order valence-corrected chi connectivity index (χ2v) is 3.86. The number of benzene rings is 1. The molecular weight excluding hydrogens is 192 g/mol. The molecule has 1 aliphatic heterocycles. The van der Waals surface area contributed by atoms with Crippen LogP contribution in [-0.2, 0) is 6.61 Å². The van der Waals surface area contributed by atoms with Crippen molar-refractivity contribution in [2.24, 2.45) is 0 Å². The highest BCUT2D eigenvalue weighted by molar-refractivity contribution is 5.44. The predicted molar refractivity (Wildman–Crippen MR) is 56.6 cm³/mol. The Labute approximate surface area is 88.6 Å². The molecule has 3 heteroatoms. The van der Waals surface area contributed by atoms with Gasteiger partial charge < -0.3 is 14.9 Å². The molecule has 80 valence electrons. The summed E-state index contributed by atoms with van der Waals surface area (Å²) < 4.78 is 5.55.